The molecule has 0 bridgehead atoms. The molecule has 0 aliphatic carbocycles. The molecule has 0 saturated heterocycles. The van der Waals surface area contributed by atoms with Crippen LogP contribution in [0.1, 0.15) is 19.4 Å². The van der Waals surface area contributed by atoms with Crippen LogP contribution in [0.5, 0.6) is 0 Å². The molecule has 1 amide bonds. The molecule has 0 radical (unpaired) electrons. The number of amides is 1. The summed E-state index contributed by atoms with van der Waals surface area (Å²) in [5.41, 5.74) is 1.69. The van der Waals surface area contributed by atoms with Crippen LogP contribution < -0.4 is 5.32 Å². The molecule has 0 aliphatic rings. The molecule has 0 heterocycles. The van der Waals surface area contributed by atoms with E-state index in [9.17, 15) is 4.79 Å². The highest BCUT2D eigenvalue weighted by molar-refractivity contribution is 6.33. The van der Waals surface area contributed by atoms with Crippen molar-refractivity contribution in [2.75, 3.05) is 25.0 Å². The molecule has 1 aromatic rings. The Kier molecular flexibility index (Phi) is 5.45. The number of halogens is 1. The van der Waals surface area contributed by atoms with Crippen molar-refractivity contribution in [1.29, 1.82) is 0 Å². The monoisotopic (exact) mass is 254 g/mol. The number of rotatable bonds is 5. The Labute approximate surface area is 108 Å². The molecule has 17 heavy (non-hydrogen) atoms. The van der Waals surface area contributed by atoms with Gasteiger partial charge in [-0.15, -0.1) is 0 Å². The van der Waals surface area contributed by atoms with Gasteiger partial charge in [0.2, 0.25) is 5.91 Å². The molecule has 0 fully saturated rings. The largest absolute Gasteiger partial charge is 0.323 e. The van der Waals surface area contributed by atoms with Gasteiger partial charge < -0.3 is 5.32 Å². The van der Waals surface area contributed by atoms with Crippen LogP contribution in [-0.4, -0.2) is 30.4 Å². The maximum atomic E-state index is 11.8. The van der Waals surface area contributed by atoms with Crippen LogP contribution in [0.2, 0.25) is 5.02 Å². The zero-order chi connectivity index (χ0) is 12.8. The fourth-order valence-corrected chi connectivity index (χ4v) is 1.89. The molecule has 0 unspecified atom stereocenters. The number of benzene rings is 1. The van der Waals surface area contributed by atoms with Gasteiger partial charge in [0.05, 0.1) is 17.3 Å². The van der Waals surface area contributed by atoms with Crippen LogP contribution in [0.15, 0.2) is 18.2 Å². The third-order valence-corrected chi connectivity index (χ3v) is 3.06. The maximum absolute atomic E-state index is 11.8. The van der Waals surface area contributed by atoms with Gasteiger partial charge in [-0.1, -0.05) is 37.6 Å². The van der Waals surface area contributed by atoms with E-state index in [2.05, 4.69) is 10.2 Å². The van der Waals surface area contributed by atoms with E-state index in [4.69, 9.17) is 11.6 Å². The van der Waals surface area contributed by atoms with Gasteiger partial charge in [0.25, 0.3) is 0 Å². The molecule has 1 rings (SSSR count). The van der Waals surface area contributed by atoms with Crippen molar-refractivity contribution in [3.63, 3.8) is 0 Å². The molecule has 94 valence electrons. The number of likely N-dealkylation sites (N-methyl/N-ethyl adjacent to an activating group) is 1. The zero-order valence-corrected chi connectivity index (χ0v) is 11.3. The number of hydrogen-bond acceptors (Lipinski definition) is 2. The van der Waals surface area contributed by atoms with Crippen LogP contribution in [0.4, 0.5) is 5.69 Å². The van der Waals surface area contributed by atoms with Gasteiger partial charge in [0.15, 0.2) is 0 Å². The minimum absolute atomic E-state index is 0.0232. The lowest BCUT2D eigenvalue weighted by Crippen LogP contribution is -2.33. The molecule has 0 aromatic heterocycles. The van der Waals surface area contributed by atoms with Crippen molar-refractivity contribution in [3.05, 3.63) is 28.8 Å². The summed E-state index contributed by atoms with van der Waals surface area (Å²) in [5, 5.41) is 3.45. The van der Waals surface area contributed by atoms with Crippen LogP contribution in [0.3, 0.4) is 0 Å². The fraction of sp³-hybridized carbons (Fsp3) is 0.462. The molecular weight excluding hydrogens is 236 g/mol. The average molecular weight is 255 g/mol. The van der Waals surface area contributed by atoms with E-state index < -0.39 is 0 Å². The molecule has 4 heteroatoms. The number of carbonyl (C=O) groups excluding carboxylic acids is 1. The van der Waals surface area contributed by atoms with Crippen molar-refractivity contribution in [2.24, 2.45) is 0 Å². The lowest BCUT2D eigenvalue weighted by molar-refractivity contribution is -0.117. The highest BCUT2D eigenvalue weighted by atomic mass is 35.5. The summed E-state index contributed by atoms with van der Waals surface area (Å²) in [4.78, 5) is 13.9. The smallest absolute Gasteiger partial charge is 0.238 e. The van der Waals surface area contributed by atoms with E-state index in [0.29, 0.717) is 17.3 Å². The highest BCUT2D eigenvalue weighted by Gasteiger charge is 2.10. The lowest BCUT2D eigenvalue weighted by atomic mass is 10.2. The first-order valence-corrected chi connectivity index (χ1v) is 6.23. The predicted molar refractivity (Wildman–Crippen MR) is 72.6 cm³/mol. The topological polar surface area (TPSA) is 32.3 Å². The summed E-state index contributed by atoms with van der Waals surface area (Å²) in [6, 6.07) is 5.58. The van der Waals surface area contributed by atoms with Gasteiger partial charge in [-0.05, 0) is 31.6 Å². The molecule has 0 spiro atoms. The summed E-state index contributed by atoms with van der Waals surface area (Å²) >= 11 is 6.05. The first-order valence-electron chi connectivity index (χ1n) is 5.85. The quantitative estimate of drug-likeness (QED) is 0.876. The Morgan fingerprint density at radius 2 is 2.00 bits per heavy atom. The molecule has 0 saturated carbocycles. The molecule has 0 atom stereocenters. The number of nitrogens with one attached hydrogen (secondary N) is 1. The summed E-state index contributed by atoms with van der Waals surface area (Å²) in [7, 11) is 0. The number of nitrogens with zero attached hydrogens (tertiary/aromatic N) is 1. The highest BCUT2D eigenvalue weighted by Crippen LogP contribution is 2.24. The van der Waals surface area contributed by atoms with Gasteiger partial charge in [-0.2, -0.15) is 0 Å². The third-order valence-electron chi connectivity index (χ3n) is 2.75. The summed E-state index contributed by atoms with van der Waals surface area (Å²) in [6.45, 7) is 8.14. The summed E-state index contributed by atoms with van der Waals surface area (Å²) < 4.78 is 0. The second-order valence-corrected chi connectivity index (χ2v) is 4.35. The Hall–Kier alpha value is -1.06. The van der Waals surface area contributed by atoms with Gasteiger partial charge >= 0.3 is 0 Å². The zero-order valence-electron chi connectivity index (χ0n) is 10.6. The van der Waals surface area contributed by atoms with E-state index in [-0.39, 0.29) is 5.91 Å². The van der Waals surface area contributed by atoms with Crippen LogP contribution in [0, 0.1) is 6.92 Å². The van der Waals surface area contributed by atoms with Gasteiger partial charge in [-0.25, -0.2) is 0 Å². The Balaban J connectivity index is 2.68. The Morgan fingerprint density at radius 3 is 2.53 bits per heavy atom. The number of para-hydroxylation sites is 1. The van der Waals surface area contributed by atoms with Crippen LogP contribution >= 0.6 is 11.6 Å². The second-order valence-electron chi connectivity index (χ2n) is 3.94. The molecule has 3 nitrogen and oxygen atoms in total. The summed E-state index contributed by atoms with van der Waals surface area (Å²) in [6.07, 6.45) is 0. The first-order chi connectivity index (χ1) is 8.08. The average Bonchev–Trinajstić information content (AvgIpc) is 2.31. The fourth-order valence-electron chi connectivity index (χ4n) is 1.62. The molecule has 1 aromatic carbocycles. The molecule has 0 aliphatic heterocycles. The van der Waals surface area contributed by atoms with Crippen molar-refractivity contribution < 1.29 is 4.79 Å². The van der Waals surface area contributed by atoms with E-state index in [0.717, 1.165) is 18.7 Å². The van der Waals surface area contributed by atoms with Crippen molar-refractivity contribution in [2.45, 2.75) is 20.8 Å². The standard InChI is InChI=1S/C13H19ClN2O/c1-4-16(5-2)9-12(17)15-13-10(3)7-6-8-11(13)14/h6-8H,4-5,9H2,1-3H3,(H,15,17). The van der Waals surface area contributed by atoms with Gasteiger partial charge in [0, 0.05) is 0 Å². The Morgan fingerprint density at radius 1 is 1.35 bits per heavy atom. The van der Waals surface area contributed by atoms with Crippen LogP contribution in [-0.2, 0) is 4.79 Å². The van der Waals surface area contributed by atoms with E-state index in [1.165, 1.54) is 0 Å². The Bertz CT molecular complexity index is 369. The molecule has 1 N–H and O–H groups in total. The maximum Gasteiger partial charge on any atom is 0.238 e. The van der Waals surface area contributed by atoms with Crippen molar-refractivity contribution >= 4 is 23.2 Å². The summed E-state index contributed by atoms with van der Waals surface area (Å²) in [5.74, 6) is -0.0232. The van der Waals surface area contributed by atoms with Gasteiger partial charge in [-0.3, -0.25) is 9.69 Å². The van der Waals surface area contributed by atoms with E-state index >= 15 is 0 Å². The number of aryl methyl sites for hydroxylation is 1. The van der Waals surface area contributed by atoms with E-state index in [1.54, 1.807) is 6.07 Å². The van der Waals surface area contributed by atoms with Crippen LogP contribution in [0.25, 0.3) is 0 Å². The van der Waals surface area contributed by atoms with Gasteiger partial charge in [0.1, 0.15) is 0 Å². The first kappa shape index (κ1) is 14.0. The minimum atomic E-state index is -0.0232. The normalized spacial score (nSPS) is 10.6. The molecular formula is C13H19ClN2O. The van der Waals surface area contributed by atoms with E-state index in [1.807, 2.05) is 32.9 Å². The SMILES string of the molecule is CCN(CC)CC(=O)Nc1c(C)cccc1Cl. The number of anilines is 1. The number of hydrogen-bond donors (Lipinski definition) is 1. The number of carbonyl (C=O) groups is 1. The second kappa shape index (κ2) is 6.62. The predicted octanol–water partition coefficient (Wildman–Crippen LogP) is 2.93. The lowest BCUT2D eigenvalue weighted by Gasteiger charge is -2.18. The van der Waals surface area contributed by atoms with Crippen molar-refractivity contribution in [1.82, 2.24) is 4.90 Å². The van der Waals surface area contributed by atoms with Crippen molar-refractivity contribution in [3.8, 4) is 0 Å². The third kappa shape index (κ3) is 4.02. The minimum Gasteiger partial charge on any atom is -0.323 e.